The molecule has 0 spiro atoms. The summed E-state index contributed by atoms with van der Waals surface area (Å²) >= 11 is 0. The molecular formula is C7H11N3O3. The van der Waals surface area contributed by atoms with Gasteiger partial charge in [-0.1, -0.05) is 6.92 Å². The number of aromatic nitrogens is 3. The summed E-state index contributed by atoms with van der Waals surface area (Å²) in [5.74, 6) is -1.54. The number of carboxylic acids is 1. The molecule has 0 saturated carbocycles. The van der Waals surface area contributed by atoms with E-state index in [1.807, 2.05) is 0 Å². The van der Waals surface area contributed by atoms with E-state index in [1.165, 1.54) is 17.8 Å². The molecule has 0 bridgehead atoms. The Morgan fingerprint density at radius 3 is 2.77 bits per heavy atom. The zero-order valence-corrected chi connectivity index (χ0v) is 7.47. The predicted molar refractivity (Wildman–Crippen MR) is 44.3 cm³/mol. The number of carboxylic acid groups (broad SMARTS) is 1. The highest BCUT2D eigenvalue weighted by Gasteiger charge is 2.13. The van der Waals surface area contributed by atoms with Gasteiger partial charge >= 0.3 is 11.7 Å². The lowest BCUT2D eigenvalue weighted by Crippen LogP contribution is -2.28. The average molecular weight is 185 g/mol. The predicted octanol–water partition coefficient (Wildman–Crippen LogP) is -0.698. The Morgan fingerprint density at radius 1 is 1.77 bits per heavy atom. The molecule has 0 aliphatic heterocycles. The van der Waals surface area contributed by atoms with Gasteiger partial charge in [0.25, 0.3) is 0 Å². The maximum absolute atomic E-state index is 11.2. The van der Waals surface area contributed by atoms with Crippen LogP contribution in [-0.2, 0) is 18.4 Å². The maximum Gasteiger partial charge on any atom is 0.345 e. The van der Waals surface area contributed by atoms with Gasteiger partial charge in [0.1, 0.15) is 6.33 Å². The first-order valence-electron chi connectivity index (χ1n) is 3.83. The number of hydrogen-bond donors (Lipinski definition) is 1. The first-order valence-corrected chi connectivity index (χ1v) is 3.83. The van der Waals surface area contributed by atoms with Gasteiger partial charge in [0.2, 0.25) is 0 Å². The number of rotatable bonds is 3. The molecule has 13 heavy (non-hydrogen) atoms. The van der Waals surface area contributed by atoms with E-state index in [0.29, 0.717) is 0 Å². The van der Waals surface area contributed by atoms with Crippen molar-refractivity contribution in [3.63, 3.8) is 0 Å². The van der Waals surface area contributed by atoms with E-state index in [1.54, 1.807) is 7.05 Å². The van der Waals surface area contributed by atoms with Gasteiger partial charge in [-0.25, -0.2) is 9.48 Å². The second kappa shape index (κ2) is 3.42. The van der Waals surface area contributed by atoms with Crippen LogP contribution < -0.4 is 5.69 Å². The van der Waals surface area contributed by atoms with Gasteiger partial charge in [-0.3, -0.25) is 9.36 Å². The highest BCUT2D eigenvalue weighted by Crippen LogP contribution is 1.96. The molecule has 0 aromatic carbocycles. The van der Waals surface area contributed by atoms with E-state index in [9.17, 15) is 9.59 Å². The third-order valence-electron chi connectivity index (χ3n) is 1.76. The Bertz CT molecular complexity index is 365. The van der Waals surface area contributed by atoms with Crippen molar-refractivity contribution >= 4 is 5.97 Å². The second-order valence-corrected chi connectivity index (χ2v) is 2.95. The summed E-state index contributed by atoms with van der Waals surface area (Å²) in [5, 5.41) is 12.3. The first-order chi connectivity index (χ1) is 6.02. The van der Waals surface area contributed by atoms with E-state index in [2.05, 4.69) is 5.10 Å². The van der Waals surface area contributed by atoms with Gasteiger partial charge in [-0.15, -0.1) is 0 Å². The van der Waals surface area contributed by atoms with Crippen molar-refractivity contribution in [1.29, 1.82) is 0 Å². The van der Waals surface area contributed by atoms with Crippen LogP contribution in [-0.4, -0.2) is 25.4 Å². The van der Waals surface area contributed by atoms with Gasteiger partial charge in [0.05, 0.1) is 12.5 Å². The summed E-state index contributed by atoms with van der Waals surface area (Å²) in [6, 6.07) is 0. The van der Waals surface area contributed by atoms with Crippen molar-refractivity contribution in [3.05, 3.63) is 16.8 Å². The molecular weight excluding hydrogens is 174 g/mol. The monoisotopic (exact) mass is 185 g/mol. The van der Waals surface area contributed by atoms with Crippen molar-refractivity contribution in [2.75, 3.05) is 0 Å². The van der Waals surface area contributed by atoms with Crippen LogP contribution in [0.15, 0.2) is 11.1 Å². The van der Waals surface area contributed by atoms with Crippen LogP contribution in [0.1, 0.15) is 6.92 Å². The summed E-state index contributed by atoms with van der Waals surface area (Å²) in [4.78, 5) is 21.7. The van der Waals surface area contributed by atoms with Crippen LogP contribution in [0.4, 0.5) is 0 Å². The second-order valence-electron chi connectivity index (χ2n) is 2.95. The van der Waals surface area contributed by atoms with Gasteiger partial charge < -0.3 is 5.11 Å². The van der Waals surface area contributed by atoms with Crippen LogP contribution in [0, 0.1) is 5.92 Å². The minimum Gasteiger partial charge on any atom is -0.481 e. The summed E-state index contributed by atoms with van der Waals surface area (Å²) in [7, 11) is 1.57. The van der Waals surface area contributed by atoms with E-state index in [0.717, 1.165) is 4.68 Å². The first kappa shape index (κ1) is 9.50. The molecule has 0 radical (unpaired) electrons. The minimum absolute atomic E-state index is 0.106. The fourth-order valence-corrected chi connectivity index (χ4v) is 0.883. The normalized spacial score (nSPS) is 12.8. The lowest BCUT2D eigenvalue weighted by molar-refractivity contribution is -0.141. The molecule has 0 amide bonds. The molecule has 72 valence electrons. The topological polar surface area (TPSA) is 77.1 Å². The van der Waals surface area contributed by atoms with Gasteiger partial charge in [0, 0.05) is 7.05 Å². The van der Waals surface area contributed by atoms with Crippen molar-refractivity contribution in [2.24, 2.45) is 13.0 Å². The number of aryl methyl sites for hydroxylation is 1. The largest absolute Gasteiger partial charge is 0.481 e. The lowest BCUT2D eigenvalue weighted by Gasteiger charge is -2.03. The fraction of sp³-hybridized carbons (Fsp3) is 0.571. The molecule has 6 heteroatoms. The van der Waals surface area contributed by atoms with Gasteiger partial charge in [-0.2, -0.15) is 5.10 Å². The number of carbonyl (C=O) groups is 1. The quantitative estimate of drug-likeness (QED) is 0.675. The molecule has 1 rings (SSSR count). The standard InChI is InChI=1S/C7H11N3O3/c1-5(6(11)12)3-10-7(13)9(2)4-8-10/h4-5H,3H2,1-2H3,(H,11,12). The molecule has 0 aliphatic rings. The Kier molecular flexibility index (Phi) is 2.50. The molecule has 0 fully saturated rings. The molecule has 0 aliphatic carbocycles. The number of nitrogens with zero attached hydrogens (tertiary/aromatic N) is 3. The fourth-order valence-electron chi connectivity index (χ4n) is 0.883. The van der Waals surface area contributed by atoms with Crippen LogP contribution in [0.5, 0.6) is 0 Å². The van der Waals surface area contributed by atoms with E-state index < -0.39 is 11.9 Å². The SMILES string of the molecule is CC(Cn1ncn(C)c1=O)C(=O)O. The van der Waals surface area contributed by atoms with Crippen LogP contribution in [0.25, 0.3) is 0 Å². The van der Waals surface area contributed by atoms with E-state index in [-0.39, 0.29) is 12.2 Å². The third kappa shape index (κ3) is 1.95. The molecule has 6 nitrogen and oxygen atoms in total. The third-order valence-corrected chi connectivity index (χ3v) is 1.76. The zero-order valence-electron chi connectivity index (χ0n) is 7.47. The van der Waals surface area contributed by atoms with Crippen LogP contribution >= 0.6 is 0 Å². The van der Waals surface area contributed by atoms with Crippen LogP contribution in [0.3, 0.4) is 0 Å². The average Bonchev–Trinajstić information content (AvgIpc) is 2.36. The molecule has 1 aromatic heterocycles. The molecule has 0 saturated heterocycles. The van der Waals surface area contributed by atoms with Crippen molar-refractivity contribution in [1.82, 2.24) is 14.3 Å². The Hall–Kier alpha value is -1.59. The summed E-state index contributed by atoms with van der Waals surface area (Å²) in [6.45, 7) is 1.64. The zero-order chi connectivity index (χ0) is 10.0. The minimum atomic E-state index is -0.933. The number of aliphatic carboxylic acids is 1. The van der Waals surface area contributed by atoms with Crippen molar-refractivity contribution < 1.29 is 9.90 Å². The Labute approximate surface area is 74.4 Å². The van der Waals surface area contributed by atoms with Crippen molar-refractivity contribution in [2.45, 2.75) is 13.5 Å². The van der Waals surface area contributed by atoms with Gasteiger partial charge in [-0.05, 0) is 0 Å². The Morgan fingerprint density at radius 2 is 2.38 bits per heavy atom. The summed E-state index contributed by atoms with van der Waals surface area (Å²) < 4.78 is 2.44. The molecule has 1 unspecified atom stereocenters. The van der Waals surface area contributed by atoms with E-state index in [4.69, 9.17) is 5.11 Å². The Balaban J connectivity index is 2.81. The summed E-state index contributed by atoms with van der Waals surface area (Å²) in [5.41, 5.74) is -0.298. The lowest BCUT2D eigenvalue weighted by atomic mass is 10.2. The molecule has 1 atom stereocenters. The van der Waals surface area contributed by atoms with Crippen LogP contribution in [0.2, 0.25) is 0 Å². The molecule has 1 heterocycles. The van der Waals surface area contributed by atoms with Crippen molar-refractivity contribution in [3.8, 4) is 0 Å². The smallest absolute Gasteiger partial charge is 0.345 e. The number of hydrogen-bond acceptors (Lipinski definition) is 3. The highest BCUT2D eigenvalue weighted by molar-refractivity contribution is 5.69. The van der Waals surface area contributed by atoms with E-state index >= 15 is 0 Å². The molecule has 1 aromatic rings. The van der Waals surface area contributed by atoms with Gasteiger partial charge in [0.15, 0.2) is 0 Å². The maximum atomic E-state index is 11.2. The highest BCUT2D eigenvalue weighted by atomic mass is 16.4. The summed E-state index contributed by atoms with van der Waals surface area (Å²) in [6.07, 6.45) is 1.36. The molecule has 1 N–H and O–H groups in total.